The third kappa shape index (κ3) is 6.16. The van der Waals surface area contributed by atoms with Gasteiger partial charge in [-0.1, -0.05) is 0 Å². The summed E-state index contributed by atoms with van der Waals surface area (Å²) in [5.41, 5.74) is 0. The predicted octanol–water partition coefficient (Wildman–Crippen LogP) is 2.38. The van der Waals surface area contributed by atoms with Crippen molar-refractivity contribution in [1.29, 1.82) is 0 Å². The van der Waals surface area contributed by atoms with Crippen LogP contribution in [0.4, 0.5) is 0 Å². The molecule has 3 N–H and O–H groups in total. The van der Waals surface area contributed by atoms with Crippen molar-refractivity contribution in [3.05, 3.63) is 0 Å². The van der Waals surface area contributed by atoms with E-state index in [9.17, 15) is 0 Å². The Balaban J connectivity index is 1.30. The summed E-state index contributed by atoms with van der Waals surface area (Å²) >= 11 is 0. The zero-order valence-electron chi connectivity index (χ0n) is 17.3. The standard InChI is InChI=1S/C21H42N4O/c1-25(2)13-12-16-4-8-19(9-5-16)24-21-22-14-18(15-23-21)17-6-10-20(26-3)11-7-17/h16-24H,4-15H2,1-3H3. The van der Waals surface area contributed by atoms with Gasteiger partial charge in [-0.25, -0.2) is 0 Å². The highest BCUT2D eigenvalue weighted by Gasteiger charge is 2.31. The maximum absolute atomic E-state index is 5.52. The van der Waals surface area contributed by atoms with Gasteiger partial charge < -0.3 is 9.64 Å². The Hall–Kier alpha value is -0.200. The first-order chi connectivity index (χ1) is 12.6. The van der Waals surface area contributed by atoms with E-state index >= 15 is 0 Å². The Morgan fingerprint density at radius 1 is 0.885 bits per heavy atom. The highest BCUT2D eigenvalue weighted by Crippen LogP contribution is 2.32. The maximum Gasteiger partial charge on any atom is 0.112 e. The molecular formula is C21H42N4O. The van der Waals surface area contributed by atoms with Crippen LogP contribution in [0, 0.1) is 17.8 Å². The largest absolute Gasteiger partial charge is 0.381 e. The van der Waals surface area contributed by atoms with Gasteiger partial charge in [-0.15, -0.1) is 0 Å². The highest BCUT2D eigenvalue weighted by atomic mass is 16.5. The number of nitrogens with zero attached hydrogens (tertiary/aromatic N) is 1. The molecular weight excluding hydrogens is 324 g/mol. The molecule has 1 saturated heterocycles. The van der Waals surface area contributed by atoms with Crippen molar-refractivity contribution in [3.63, 3.8) is 0 Å². The second kappa shape index (κ2) is 10.4. The summed E-state index contributed by atoms with van der Waals surface area (Å²) in [7, 11) is 6.23. The summed E-state index contributed by atoms with van der Waals surface area (Å²) in [6.07, 6.45) is 12.8. The fraction of sp³-hybridized carbons (Fsp3) is 1.00. The number of hydrogen-bond acceptors (Lipinski definition) is 5. The fourth-order valence-electron chi connectivity index (χ4n) is 5.22. The number of nitrogens with one attached hydrogen (secondary N) is 3. The van der Waals surface area contributed by atoms with E-state index in [2.05, 4.69) is 34.9 Å². The summed E-state index contributed by atoms with van der Waals surface area (Å²) in [4.78, 5) is 2.32. The molecule has 0 unspecified atom stereocenters. The Morgan fingerprint density at radius 3 is 2.12 bits per heavy atom. The van der Waals surface area contributed by atoms with Crippen LogP contribution in [0.15, 0.2) is 0 Å². The topological polar surface area (TPSA) is 48.6 Å². The van der Waals surface area contributed by atoms with Crippen LogP contribution in [0.3, 0.4) is 0 Å². The van der Waals surface area contributed by atoms with E-state index in [0.29, 0.717) is 18.4 Å². The summed E-state index contributed by atoms with van der Waals surface area (Å²) in [5.74, 6) is 2.59. The van der Waals surface area contributed by atoms with Crippen molar-refractivity contribution < 1.29 is 4.74 Å². The quantitative estimate of drug-likeness (QED) is 0.646. The maximum atomic E-state index is 5.52. The average Bonchev–Trinajstić information content (AvgIpc) is 2.68. The first-order valence-corrected chi connectivity index (χ1v) is 11.0. The third-order valence-corrected chi connectivity index (χ3v) is 7.12. The third-order valence-electron chi connectivity index (χ3n) is 7.12. The minimum Gasteiger partial charge on any atom is -0.381 e. The first-order valence-electron chi connectivity index (χ1n) is 11.0. The molecule has 0 aromatic rings. The van der Waals surface area contributed by atoms with Crippen molar-refractivity contribution in [2.45, 2.75) is 76.2 Å². The zero-order valence-corrected chi connectivity index (χ0v) is 17.3. The average molecular weight is 367 g/mol. The number of methoxy groups -OCH3 is 1. The molecule has 5 nitrogen and oxygen atoms in total. The van der Waals surface area contributed by atoms with Crippen LogP contribution in [0.25, 0.3) is 0 Å². The molecule has 2 aliphatic carbocycles. The van der Waals surface area contributed by atoms with Gasteiger partial charge in [0.2, 0.25) is 0 Å². The molecule has 1 aliphatic heterocycles. The SMILES string of the molecule is COC1CCC(C2CNC(NC3CCC(CCN(C)C)CC3)NC2)CC1. The van der Waals surface area contributed by atoms with Crippen LogP contribution < -0.4 is 16.0 Å². The molecule has 0 spiro atoms. The molecule has 0 radical (unpaired) electrons. The van der Waals surface area contributed by atoms with Gasteiger partial charge in [0.15, 0.2) is 0 Å². The molecule has 26 heavy (non-hydrogen) atoms. The second-order valence-electron chi connectivity index (χ2n) is 9.26. The van der Waals surface area contributed by atoms with Crippen LogP contribution in [-0.4, -0.2) is 64.2 Å². The van der Waals surface area contributed by atoms with Crippen molar-refractivity contribution in [3.8, 4) is 0 Å². The lowest BCUT2D eigenvalue weighted by molar-refractivity contribution is 0.0414. The van der Waals surface area contributed by atoms with Gasteiger partial charge in [-0.3, -0.25) is 16.0 Å². The molecule has 0 atom stereocenters. The number of ether oxygens (including phenoxy) is 1. The van der Waals surface area contributed by atoms with E-state index in [1.54, 1.807) is 0 Å². The Morgan fingerprint density at radius 2 is 1.54 bits per heavy atom. The van der Waals surface area contributed by atoms with E-state index in [4.69, 9.17) is 4.74 Å². The first kappa shape index (κ1) is 20.5. The molecule has 0 aromatic carbocycles. The lowest BCUT2D eigenvalue weighted by Gasteiger charge is -2.40. The van der Waals surface area contributed by atoms with Crippen LogP contribution in [-0.2, 0) is 4.74 Å². The highest BCUT2D eigenvalue weighted by molar-refractivity contribution is 4.86. The van der Waals surface area contributed by atoms with Crippen LogP contribution >= 0.6 is 0 Å². The van der Waals surface area contributed by atoms with Gasteiger partial charge in [0.1, 0.15) is 6.29 Å². The molecule has 2 saturated carbocycles. The van der Waals surface area contributed by atoms with Gasteiger partial charge in [0.05, 0.1) is 6.10 Å². The van der Waals surface area contributed by atoms with E-state index in [0.717, 1.165) is 30.8 Å². The molecule has 3 rings (SSSR count). The van der Waals surface area contributed by atoms with E-state index < -0.39 is 0 Å². The molecule has 0 bridgehead atoms. The molecule has 0 aromatic heterocycles. The zero-order chi connectivity index (χ0) is 18.4. The minimum absolute atomic E-state index is 0.310. The van der Waals surface area contributed by atoms with Gasteiger partial charge in [-0.2, -0.15) is 0 Å². The van der Waals surface area contributed by atoms with E-state index in [-0.39, 0.29) is 0 Å². The van der Waals surface area contributed by atoms with Gasteiger partial charge in [0.25, 0.3) is 0 Å². The fourth-order valence-corrected chi connectivity index (χ4v) is 5.22. The second-order valence-corrected chi connectivity index (χ2v) is 9.26. The van der Waals surface area contributed by atoms with E-state index in [1.807, 2.05) is 7.11 Å². The summed E-state index contributed by atoms with van der Waals surface area (Å²) in [5, 5.41) is 11.3. The molecule has 152 valence electrons. The van der Waals surface area contributed by atoms with Gasteiger partial charge in [0, 0.05) is 26.2 Å². The number of rotatable bonds is 7. The van der Waals surface area contributed by atoms with E-state index in [1.165, 1.54) is 64.3 Å². The van der Waals surface area contributed by atoms with Crippen molar-refractivity contribution in [1.82, 2.24) is 20.9 Å². The van der Waals surface area contributed by atoms with Crippen molar-refractivity contribution in [2.24, 2.45) is 17.8 Å². The lowest BCUT2D eigenvalue weighted by atomic mass is 9.78. The Bertz CT molecular complexity index is 381. The predicted molar refractivity (Wildman–Crippen MR) is 108 cm³/mol. The summed E-state index contributed by atoms with van der Waals surface area (Å²) in [6.45, 7) is 3.55. The minimum atomic E-state index is 0.310. The molecule has 1 heterocycles. The molecule has 5 heteroatoms. The van der Waals surface area contributed by atoms with Crippen molar-refractivity contribution in [2.75, 3.05) is 40.8 Å². The van der Waals surface area contributed by atoms with Crippen LogP contribution in [0.1, 0.15) is 57.8 Å². The molecule has 3 fully saturated rings. The normalized spacial score (nSPS) is 39.2. The van der Waals surface area contributed by atoms with Gasteiger partial charge >= 0.3 is 0 Å². The Labute approximate surface area is 161 Å². The van der Waals surface area contributed by atoms with Crippen LogP contribution in [0.2, 0.25) is 0 Å². The number of hydrogen-bond donors (Lipinski definition) is 3. The molecule has 0 amide bonds. The summed E-state index contributed by atoms with van der Waals surface area (Å²) in [6, 6.07) is 0.685. The van der Waals surface area contributed by atoms with Gasteiger partial charge in [-0.05, 0) is 96.2 Å². The Kier molecular flexibility index (Phi) is 8.19. The van der Waals surface area contributed by atoms with Crippen molar-refractivity contribution >= 4 is 0 Å². The molecule has 3 aliphatic rings. The van der Waals surface area contributed by atoms with Crippen LogP contribution in [0.5, 0.6) is 0 Å². The smallest absolute Gasteiger partial charge is 0.112 e. The monoisotopic (exact) mass is 366 g/mol. The summed E-state index contributed by atoms with van der Waals surface area (Å²) < 4.78 is 5.52. The lowest BCUT2D eigenvalue weighted by Crippen LogP contribution is -2.63.